The van der Waals surface area contributed by atoms with Crippen LogP contribution in [-0.4, -0.2) is 96.3 Å². The molecule has 2 aliphatic rings. The van der Waals surface area contributed by atoms with Crippen LogP contribution in [0.25, 0.3) is 0 Å². The monoisotopic (exact) mass is 410 g/mol. The molecular weight excluding hydrogens is 379 g/mol. The summed E-state index contributed by atoms with van der Waals surface area (Å²) < 4.78 is 0. The van der Waals surface area contributed by atoms with E-state index in [-0.39, 0.29) is 50.1 Å². The number of aliphatic imine (C=N–C) groups is 2. The second-order valence-electron chi connectivity index (χ2n) is 6.35. The zero-order chi connectivity index (χ0) is 17.4. The first-order valence-electron chi connectivity index (χ1n) is 8.82. The fourth-order valence-electron chi connectivity index (χ4n) is 3.01. The van der Waals surface area contributed by atoms with Crippen LogP contribution in [0, 0.1) is 0 Å². The van der Waals surface area contributed by atoms with Gasteiger partial charge in [0.1, 0.15) is 11.7 Å². The lowest BCUT2D eigenvalue weighted by atomic mass is 10.2. The first kappa shape index (κ1) is 25.0. The number of nitrogens with zero attached hydrogens (tertiary/aromatic N) is 6. The fraction of sp³-hybridized carbons (Fsp3) is 0.875. The van der Waals surface area contributed by atoms with Crippen LogP contribution in [0.5, 0.6) is 0 Å². The van der Waals surface area contributed by atoms with Gasteiger partial charge in [-0.05, 0) is 13.8 Å². The number of aliphatic hydroxyl groups is 2. The summed E-state index contributed by atoms with van der Waals surface area (Å²) in [5.41, 5.74) is 0. The molecule has 10 heteroatoms. The van der Waals surface area contributed by atoms with Gasteiger partial charge in [-0.25, -0.2) is 0 Å². The number of hydrogen-bond donors (Lipinski definition) is 2. The van der Waals surface area contributed by atoms with Crippen LogP contribution in [0.4, 0.5) is 0 Å². The molecule has 0 saturated heterocycles. The molecule has 0 aromatic carbocycles. The molecule has 2 aliphatic heterocycles. The Morgan fingerprint density at radius 3 is 1.58 bits per heavy atom. The summed E-state index contributed by atoms with van der Waals surface area (Å²) in [5, 5.41) is 27.0. The Bertz CT molecular complexity index is 447. The number of β-amino-alcohol motifs (C(OH)–C–C–N with tert-alkyl or cyclic N) is 2. The maximum atomic E-state index is 9.08. The van der Waals surface area contributed by atoms with Gasteiger partial charge in [0.15, 0.2) is 0 Å². The molecular formula is C16H32Cl2N6O2. The number of hydrogen-bond acceptors (Lipinski definition) is 8. The van der Waals surface area contributed by atoms with Crippen molar-refractivity contribution in [2.45, 2.75) is 38.8 Å². The highest BCUT2D eigenvalue weighted by molar-refractivity contribution is 5.86. The number of amidine groups is 2. The Kier molecular flexibility index (Phi) is 12.8. The van der Waals surface area contributed by atoms with E-state index in [2.05, 4.69) is 30.0 Å². The molecule has 0 aliphatic carbocycles. The summed E-state index contributed by atoms with van der Waals surface area (Å²) in [5.74, 6) is 2.05. The Labute approximate surface area is 168 Å². The Morgan fingerprint density at radius 1 is 0.846 bits per heavy atom. The van der Waals surface area contributed by atoms with Crippen LogP contribution < -0.4 is 0 Å². The molecule has 0 aromatic rings. The molecule has 2 rings (SSSR count). The molecule has 0 aromatic heterocycles. The van der Waals surface area contributed by atoms with Crippen LogP contribution in [0.1, 0.15) is 26.7 Å². The predicted molar refractivity (Wildman–Crippen MR) is 109 cm³/mol. The second-order valence-corrected chi connectivity index (χ2v) is 6.35. The third-order valence-corrected chi connectivity index (χ3v) is 4.22. The van der Waals surface area contributed by atoms with E-state index >= 15 is 0 Å². The van der Waals surface area contributed by atoms with Crippen molar-refractivity contribution in [3.63, 3.8) is 0 Å². The Morgan fingerprint density at radius 2 is 1.23 bits per heavy atom. The van der Waals surface area contributed by atoms with E-state index in [0.29, 0.717) is 13.1 Å². The van der Waals surface area contributed by atoms with Crippen molar-refractivity contribution in [3.05, 3.63) is 0 Å². The van der Waals surface area contributed by atoms with Gasteiger partial charge < -0.3 is 20.0 Å². The van der Waals surface area contributed by atoms with Gasteiger partial charge in [-0.3, -0.25) is 9.98 Å². The zero-order valence-corrected chi connectivity index (χ0v) is 17.3. The summed E-state index contributed by atoms with van der Waals surface area (Å²) in [7, 11) is 0. The molecule has 0 fully saturated rings. The van der Waals surface area contributed by atoms with E-state index in [1.807, 2.05) is 13.8 Å². The average molecular weight is 411 g/mol. The van der Waals surface area contributed by atoms with E-state index in [1.165, 1.54) is 0 Å². The Balaban J connectivity index is 0.00000312. The minimum absolute atomic E-state index is 0. The Hall–Kier alpha value is -0.960. The SMILES string of the molecule is CC(CC1=NCCN1CCO)N=NC(C)CC1=NCCN1CCO.Cl.Cl. The highest BCUT2D eigenvalue weighted by Crippen LogP contribution is 2.12. The van der Waals surface area contributed by atoms with E-state index in [1.54, 1.807) is 0 Å². The summed E-state index contributed by atoms with van der Waals surface area (Å²) in [4.78, 5) is 13.2. The maximum absolute atomic E-state index is 9.08. The summed E-state index contributed by atoms with van der Waals surface area (Å²) in [6.45, 7) is 9.04. The lowest BCUT2D eigenvalue weighted by Crippen LogP contribution is -2.32. The highest BCUT2D eigenvalue weighted by atomic mass is 35.5. The summed E-state index contributed by atoms with van der Waals surface area (Å²) in [6, 6.07) is 0.147. The quantitative estimate of drug-likeness (QED) is 0.529. The second kappa shape index (κ2) is 13.2. The van der Waals surface area contributed by atoms with E-state index < -0.39 is 0 Å². The summed E-state index contributed by atoms with van der Waals surface area (Å²) >= 11 is 0. The van der Waals surface area contributed by atoms with Crippen LogP contribution >= 0.6 is 24.8 Å². The van der Waals surface area contributed by atoms with Crippen molar-refractivity contribution >= 4 is 36.5 Å². The molecule has 0 saturated carbocycles. The number of rotatable bonds is 10. The van der Waals surface area contributed by atoms with Gasteiger partial charge in [0.25, 0.3) is 0 Å². The number of aliphatic hydroxyl groups excluding tert-OH is 2. The van der Waals surface area contributed by atoms with Gasteiger partial charge in [-0.2, -0.15) is 10.2 Å². The molecule has 0 spiro atoms. The van der Waals surface area contributed by atoms with Gasteiger partial charge in [-0.1, -0.05) is 0 Å². The first-order chi connectivity index (χ1) is 11.6. The van der Waals surface area contributed by atoms with Crippen molar-refractivity contribution < 1.29 is 10.2 Å². The molecule has 0 amide bonds. The van der Waals surface area contributed by atoms with Crippen LogP contribution in [0.3, 0.4) is 0 Å². The van der Waals surface area contributed by atoms with Crippen molar-refractivity contribution in [3.8, 4) is 0 Å². The molecule has 152 valence electrons. The number of azo groups is 1. The third-order valence-electron chi connectivity index (χ3n) is 4.22. The minimum Gasteiger partial charge on any atom is -0.395 e. The standard InChI is InChI=1S/C16H30N6O2.2ClH/c1-13(11-15-17-3-5-21(15)7-9-23)19-20-14(2)12-16-18-4-6-22(16)8-10-24;;/h13-14,23-24H,3-12H2,1-2H3;2*1H. The first-order valence-corrected chi connectivity index (χ1v) is 8.82. The molecule has 26 heavy (non-hydrogen) atoms. The molecule has 0 radical (unpaired) electrons. The van der Waals surface area contributed by atoms with Crippen molar-refractivity contribution in [2.24, 2.45) is 20.2 Å². The smallest absolute Gasteiger partial charge is 0.101 e. The third kappa shape index (κ3) is 7.73. The van der Waals surface area contributed by atoms with E-state index in [0.717, 1.165) is 50.7 Å². The maximum Gasteiger partial charge on any atom is 0.101 e. The van der Waals surface area contributed by atoms with E-state index in [4.69, 9.17) is 10.2 Å². The topological polar surface area (TPSA) is 96.4 Å². The van der Waals surface area contributed by atoms with Gasteiger partial charge in [-0.15, -0.1) is 24.8 Å². The minimum atomic E-state index is 0. The largest absolute Gasteiger partial charge is 0.395 e. The van der Waals surface area contributed by atoms with Crippen molar-refractivity contribution in [2.75, 3.05) is 52.5 Å². The lowest BCUT2D eigenvalue weighted by molar-refractivity contribution is 0.254. The molecule has 2 atom stereocenters. The molecule has 2 heterocycles. The van der Waals surface area contributed by atoms with Gasteiger partial charge in [0, 0.05) is 39.0 Å². The van der Waals surface area contributed by atoms with Crippen LogP contribution in [0.2, 0.25) is 0 Å². The van der Waals surface area contributed by atoms with Crippen LogP contribution in [-0.2, 0) is 0 Å². The van der Waals surface area contributed by atoms with Gasteiger partial charge in [0.2, 0.25) is 0 Å². The summed E-state index contributed by atoms with van der Waals surface area (Å²) in [6.07, 6.45) is 1.52. The zero-order valence-electron chi connectivity index (χ0n) is 15.6. The lowest BCUT2D eigenvalue weighted by Gasteiger charge is -2.21. The molecule has 0 bridgehead atoms. The van der Waals surface area contributed by atoms with Crippen LogP contribution in [0.15, 0.2) is 20.2 Å². The van der Waals surface area contributed by atoms with Gasteiger partial charge >= 0.3 is 0 Å². The van der Waals surface area contributed by atoms with E-state index in [9.17, 15) is 0 Å². The number of halogens is 2. The molecule has 2 unspecified atom stereocenters. The van der Waals surface area contributed by atoms with Gasteiger partial charge in [0.05, 0.1) is 38.4 Å². The predicted octanol–water partition coefficient (Wildman–Crippen LogP) is 1.25. The molecule has 2 N–H and O–H groups in total. The molecule has 8 nitrogen and oxygen atoms in total. The normalized spacial score (nSPS) is 19.1. The van der Waals surface area contributed by atoms with Crippen molar-refractivity contribution in [1.82, 2.24) is 9.80 Å². The fourth-order valence-corrected chi connectivity index (χ4v) is 3.01. The highest BCUT2D eigenvalue weighted by Gasteiger charge is 2.20. The average Bonchev–Trinajstić information content (AvgIpc) is 3.17. The van der Waals surface area contributed by atoms with Crippen molar-refractivity contribution in [1.29, 1.82) is 0 Å².